The number of carbonyl (C=O) groups is 2. The Morgan fingerprint density at radius 2 is 1.75 bits per heavy atom. The third-order valence-electron chi connectivity index (χ3n) is 8.46. The Morgan fingerprint density at radius 3 is 2.45 bits per heavy atom. The Balaban J connectivity index is 1.36. The van der Waals surface area contributed by atoms with Crippen LogP contribution in [0.1, 0.15) is 56.6 Å². The van der Waals surface area contributed by atoms with E-state index in [0.29, 0.717) is 18.8 Å². The quantitative estimate of drug-likeness (QED) is 0.476. The summed E-state index contributed by atoms with van der Waals surface area (Å²) in [5.74, 6) is 0.150. The number of nitrogens with one attached hydrogen (secondary N) is 1. The number of amides is 2. The lowest BCUT2D eigenvalue weighted by atomic mass is 9.91. The summed E-state index contributed by atoms with van der Waals surface area (Å²) in [6, 6.07) is 18.3. The van der Waals surface area contributed by atoms with E-state index in [2.05, 4.69) is 46.3 Å². The van der Waals surface area contributed by atoms with Crippen molar-refractivity contribution in [1.82, 2.24) is 15.1 Å². The summed E-state index contributed by atoms with van der Waals surface area (Å²) in [7, 11) is 1.74. The molecule has 1 saturated heterocycles. The molecule has 214 valence electrons. The molecule has 0 aromatic heterocycles. The van der Waals surface area contributed by atoms with Crippen LogP contribution in [0.5, 0.6) is 0 Å². The van der Waals surface area contributed by atoms with Gasteiger partial charge in [-0.05, 0) is 36.5 Å². The molecule has 2 aromatic carbocycles. The van der Waals surface area contributed by atoms with Crippen LogP contribution in [-0.2, 0) is 16.1 Å². The van der Waals surface area contributed by atoms with Crippen LogP contribution in [0, 0.1) is 11.8 Å². The van der Waals surface area contributed by atoms with E-state index in [1.54, 1.807) is 11.9 Å². The van der Waals surface area contributed by atoms with Gasteiger partial charge in [0.1, 0.15) is 5.84 Å². The SMILES string of the molecule is CCCC[C@H](O)[C@@H](CC1CC1)C(=O)NC1N=C(N2CCN(Cc3ccccc3)CC2)c2ccccc2N(C)C1=O. The molecular weight excluding hydrogens is 502 g/mol. The van der Waals surface area contributed by atoms with Gasteiger partial charge in [0.25, 0.3) is 5.91 Å². The van der Waals surface area contributed by atoms with Crippen molar-refractivity contribution >= 4 is 23.3 Å². The van der Waals surface area contributed by atoms with Gasteiger partial charge < -0.3 is 20.2 Å². The summed E-state index contributed by atoms with van der Waals surface area (Å²) < 4.78 is 0. The van der Waals surface area contributed by atoms with Gasteiger partial charge in [-0.3, -0.25) is 14.5 Å². The molecule has 2 fully saturated rings. The van der Waals surface area contributed by atoms with Gasteiger partial charge in [-0.1, -0.05) is 75.1 Å². The number of aliphatic hydroxyl groups is 1. The summed E-state index contributed by atoms with van der Waals surface area (Å²) in [4.78, 5) is 38.4. The number of benzene rings is 2. The van der Waals surface area contributed by atoms with Gasteiger partial charge in [-0.25, -0.2) is 4.99 Å². The number of hydrogen-bond acceptors (Lipinski definition) is 6. The number of fused-ring (bicyclic) bond motifs is 1. The summed E-state index contributed by atoms with van der Waals surface area (Å²) in [6.45, 7) is 6.30. The lowest BCUT2D eigenvalue weighted by Crippen LogP contribution is -2.51. The smallest absolute Gasteiger partial charge is 0.272 e. The molecule has 2 N–H and O–H groups in total. The highest BCUT2D eigenvalue weighted by Crippen LogP contribution is 2.37. The van der Waals surface area contributed by atoms with E-state index in [-0.39, 0.29) is 11.8 Å². The number of amidine groups is 1. The summed E-state index contributed by atoms with van der Waals surface area (Å²) >= 11 is 0. The predicted octanol–water partition coefficient (Wildman–Crippen LogP) is 3.64. The van der Waals surface area contributed by atoms with Crippen molar-refractivity contribution < 1.29 is 14.7 Å². The first-order valence-corrected chi connectivity index (χ1v) is 14.9. The van der Waals surface area contributed by atoms with Crippen LogP contribution in [0.4, 0.5) is 5.69 Å². The number of benzodiazepines with no additional fused rings is 1. The van der Waals surface area contributed by atoms with Gasteiger partial charge in [-0.2, -0.15) is 0 Å². The third kappa shape index (κ3) is 6.73. The molecule has 2 aliphatic heterocycles. The summed E-state index contributed by atoms with van der Waals surface area (Å²) in [5, 5.41) is 13.9. The molecule has 1 unspecified atom stereocenters. The van der Waals surface area contributed by atoms with Gasteiger partial charge in [0.15, 0.2) is 0 Å². The van der Waals surface area contributed by atoms with Crippen molar-refractivity contribution in [3.05, 3.63) is 65.7 Å². The van der Waals surface area contributed by atoms with Crippen LogP contribution in [0.15, 0.2) is 59.6 Å². The van der Waals surface area contributed by atoms with E-state index < -0.39 is 18.2 Å². The summed E-state index contributed by atoms with van der Waals surface area (Å²) in [5.41, 5.74) is 2.97. The number of para-hydroxylation sites is 1. The second-order valence-electron chi connectivity index (χ2n) is 11.5. The van der Waals surface area contributed by atoms with Crippen molar-refractivity contribution in [3.63, 3.8) is 0 Å². The van der Waals surface area contributed by atoms with Crippen LogP contribution in [0.2, 0.25) is 0 Å². The second kappa shape index (κ2) is 13.0. The first kappa shape index (κ1) is 28.3. The highest BCUT2D eigenvalue weighted by molar-refractivity contribution is 6.12. The van der Waals surface area contributed by atoms with E-state index in [4.69, 9.17) is 4.99 Å². The second-order valence-corrected chi connectivity index (χ2v) is 11.5. The molecule has 1 saturated carbocycles. The third-order valence-corrected chi connectivity index (χ3v) is 8.46. The molecule has 40 heavy (non-hydrogen) atoms. The number of aliphatic imine (C=N–C) groups is 1. The minimum atomic E-state index is -1.04. The molecular formula is C32H43N5O3. The first-order valence-electron chi connectivity index (χ1n) is 14.9. The minimum Gasteiger partial charge on any atom is -0.392 e. The van der Waals surface area contributed by atoms with Crippen LogP contribution in [-0.4, -0.2) is 78.1 Å². The van der Waals surface area contributed by atoms with Crippen molar-refractivity contribution in [2.75, 3.05) is 38.1 Å². The fraction of sp³-hybridized carbons (Fsp3) is 0.531. The summed E-state index contributed by atoms with van der Waals surface area (Å²) in [6.07, 6.45) is 3.53. The van der Waals surface area contributed by atoms with Crippen LogP contribution in [0.25, 0.3) is 0 Å². The standard InChI is InChI=1S/C32H43N5O3/c1-3-4-14-28(38)26(21-23-15-16-23)31(39)34-29-32(40)35(2)27-13-9-8-12-25(27)30(33-29)37-19-17-36(18-20-37)22-24-10-6-5-7-11-24/h5-13,23,26,28-29,38H,3-4,14-22H2,1-2H3,(H,34,39)/t26-,28+,29?/m1/s1. The Kier molecular flexibility index (Phi) is 9.17. The number of likely N-dealkylation sites (N-methyl/N-ethyl adjacent to an activating group) is 1. The average Bonchev–Trinajstić information content (AvgIpc) is 3.82. The molecule has 3 atom stereocenters. The van der Waals surface area contributed by atoms with Gasteiger partial charge in [0.2, 0.25) is 12.1 Å². The molecule has 2 amide bonds. The topological polar surface area (TPSA) is 88.5 Å². The molecule has 2 heterocycles. The van der Waals surface area contributed by atoms with Crippen LogP contribution < -0.4 is 10.2 Å². The zero-order chi connectivity index (χ0) is 28.1. The van der Waals surface area contributed by atoms with Crippen LogP contribution >= 0.6 is 0 Å². The number of unbranched alkanes of at least 4 members (excludes halogenated alkanes) is 1. The maximum absolute atomic E-state index is 13.6. The first-order chi connectivity index (χ1) is 19.4. The number of carbonyl (C=O) groups excluding carboxylic acids is 2. The molecule has 0 spiro atoms. The highest BCUT2D eigenvalue weighted by Gasteiger charge is 2.38. The molecule has 2 aromatic rings. The predicted molar refractivity (Wildman–Crippen MR) is 158 cm³/mol. The Hall–Kier alpha value is -3.23. The van der Waals surface area contributed by atoms with Gasteiger partial charge in [-0.15, -0.1) is 0 Å². The Morgan fingerprint density at radius 1 is 1.05 bits per heavy atom. The van der Waals surface area contributed by atoms with E-state index in [0.717, 1.165) is 75.5 Å². The maximum Gasteiger partial charge on any atom is 0.272 e. The number of piperazine rings is 1. The molecule has 8 nitrogen and oxygen atoms in total. The molecule has 0 radical (unpaired) electrons. The lowest BCUT2D eigenvalue weighted by Gasteiger charge is -2.37. The van der Waals surface area contributed by atoms with Gasteiger partial charge in [0.05, 0.1) is 17.7 Å². The number of rotatable bonds is 10. The largest absolute Gasteiger partial charge is 0.392 e. The van der Waals surface area contributed by atoms with Crippen molar-refractivity contribution in [3.8, 4) is 0 Å². The average molecular weight is 546 g/mol. The van der Waals surface area contributed by atoms with Crippen molar-refractivity contribution in [2.24, 2.45) is 16.8 Å². The molecule has 1 aliphatic carbocycles. The molecule has 0 bridgehead atoms. The fourth-order valence-corrected chi connectivity index (χ4v) is 5.82. The number of aliphatic hydroxyl groups excluding tert-OH is 1. The molecule has 8 heteroatoms. The zero-order valence-corrected chi connectivity index (χ0v) is 23.8. The van der Waals surface area contributed by atoms with Crippen LogP contribution in [0.3, 0.4) is 0 Å². The highest BCUT2D eigenvalue weighted by atomic mass is 16.3. The van der Waals surface area contributed by atoms with E-state index in [1.807, 2.05) is 30.3 Å². The lowest BCUT2D eigenvalue weighted by molar-refractivity contribution is -0.133. The monoisotopic (exact) mass is 545 g/mol. The number of hydrogen-bond donors (Lipinski definition) is 2. The van der Waals surface area contributed by atoms with E-state index >= 15 is 0 Å². The molecule has 5 rings (SSSR count). The van der Waals surface area contributed by atoms with Gasteiger partial charge >= 0.3 is 0 Å². The minimum absolute atomic E-state index is 0.272. The Labute approximate surface area is 238 Å². The molecule has 3 aliphatic rings. The normalized spacial score (nSPS) is 21.3. The van der Waals surface area contributed by atoms with Gasteiger partial charge in [0, 0.05) is 45.3 Å². The zero-order valence-electron chi connectivity index (χ0n) is 23.8. The maximum atomic E-state index is 13.6. The van der Waals surface area contributed by atoms with Crippen molar-refractivity contribution in [2.45, 2.75) is 64.3 Å². The fourth-order valence-electron chi connectivity index (χ4n) is 5.82. The Bertz CT molecular complexity index is 1190. The van der Waals surface area contributed by atoms with Crippen molar-refractivity contribution in [1.29, 1.82) is 0 Å². The number of anilines is 1. The van der Waals surface area contributed by atoms with E-state index in [9.17, 15) is 14.7 Å². The number of nitrogens with zero attached hydrogens (tertiary/aromatic N) is 4. The van der Waals surface area contributed by atoms with E-state index in [1.165, 1.54) is 5.56 Å².